The standard InChI is InChI=1S/C21H27NO2/c1-16(21(2,24)20(23)22-14-8-9-15-22)18-12-6-7-13-19(18)17-10-4-3-5-11-17/h3-7,10-13,16,20,23-24H,8-9,14-15H2,1-2H3. The minimum absolute atomic E-state index is 0.190. The van der Waals surface area contributed by atoms with Crippen LogP contribution in [0.4, 0.5) is 0 Å². The van der Waals surface area contributed by atoms with Crippen molar-refractivity contribution >= 4 is 0 Å². The summed E-state index contributed by atoms with van der Waals surface area (Å²) < 4.78 is 0. The van der Waals surface area contributed by atoms with E-state index in [0.717, 1.165) is 42.6 Å². The van der Waals surface area contributed by atoms with Gasteiger partial charge in [-0.2, -0.15) is 0 Å². The topological polar surface area (TPSA) is 43.7 Å². The highest BCUT2D eigenvalue weighted by Crippen LogP contribution is 2.38. The van der Waals surface area contributed by atoms with Crippen molar-refractivity contribution in [1.29, 1.82) is 0 Å². The van der Waals surface area contributed by atoms with E-state index in [1.807, 2.05) is 42.2 Å². The molecule has 0 aromatic heterocycles. The van der Waals surface area contributed by atoms with Crippen LogP contribution in [-0.2, 0) is 0 Å². The van der Waals surface area contributed by atoms with Gasteiger partial charge in [-0.1, -0.05) is 61.5 Å². The quantitative estimate of drug-likeness (QED) is 0.882. The lowest BCUT2D eigenvalue weighted by molar-refractivity contribution is -0.144. The van der Waals surface area contributed by atoms with Gasteiger partial charge in [-0.05, 0) is 36.5 Å². The summed E-state index contributed by atoms with van der Waals surface area (Å²) in [5.41, 5.74) is 2.09. The lowest BCUT2D eigenvalue weighted by atomic mass is 9.80. The molecule has 0 bridgehead atoms. The molecule has 1 fully saturated rings. The second-order valence-electron chi connectivity index (χ2n) is 7.02. The Morgan fingerprint density at radius 2 is 1.54 bits per heavy atom. The van der Waals surface area contributed by atoms with Crippen molar-refractivity contribution in [3.63, 3.8) is 0 Å². The van der Waals surface area contributed by atoms with Crippen LogP contribution in [0.1, 0.15) is 38.2 Å². The van der Waals surface area contributed by atoms with Crippen molar-refractivity contribution in [2.75, 3.05) is 13.1 Å². The fourth-order valence-corrected chi connectivity index (χ4v) is 3.65. The number of aliphatic hydroxyl groups is 2. The zero-order valence-corrected chi connectivity index (χ0v) is 14.5. The lowest BCUT2D eigenvalue weighted by Crippen LogP contribution is -2.53. The average molecular weight is 325 g/mol. The molecule has 0 saturated carbocycles. The lowest BCUT2D eigenvalue weighted by Gasteiger charge is -2.40. The van der Waals surface area contributed by atoms with Crippen LogP contribution in [0.25, 0.3) is 11.1 Å². The highest BCUT2D eigenvalue weighted by atomic mass is 16.4. The van der Waals surface area contributed by atoms with E-state index in [1.165, 1.54) is 0 Å². The van der Waals surface area contributed by atoms with Crippen molar-refractivity contribution in [2.24, 2.45) is 0 Å². The van der Waals surface area contributed by atoms with E-state index in [-0.39, 0.29) is 5.92 Å². The van der Waals surface area contributed by atoms with Gasteiger partial charge in [0.15, 0.2) is 0 Å². The number of likely N-dealkylation sites (tertiary alicyclic amines) is 1. The fourth-order valence-electron chi connectivity index (χ4n) is 3.65. The van der Waals surface area contributed by atoms with Gasteiger partial charge in [-0.15, -0.1) is 0 Å². The monoisotopic (exact) mass is 325 g/mol. The van der Waals surface area contributed by atoms with E-state index in [1.54, 1.807) is 6.92 Å². The van der Waals surface area contributed by atoms with Gasteiger partial charge >= 0.3 is 0 Å². The Morgan fingerprint density at radius 3 is 2.21 bits per heavy atom. The number of rotatable bonds is 5. The Bertz CT molecular complexity index is 663. The Balaban J connectivity index is 1.93. The van der Waals surface area contributed by atoms with Crippen LogP contribution in [0, 0.1) is 0 Å². The predicted octanol–water partition coefficient (Wildman–Crippen LogP) is 3.62. The molecule has 3 heteroatoms. The van der Waals surface area contributed by atoms with E-state index < -0.39 is 11.8 Å². The van der Waals surface area contributed by atoms with Crippen LogP contribution in [0.5, 0.6) is 0 Å². The second-order valence-corrected chi connectivity index (χ2v) is 7.02. The molecule has 3 unspecified atom stereocenters. The molecule has 2 N–H and O–H groups in total. The summed E-state index contributed by atoms with van der Waals surface area (Å²) in [6.07, 6.45) is 1.32. The van der Waals surface area contributed by atoms with Crippen LogP contribution >= 0.6 is 0 Å². The fraction of sp³-hybridized carbons (Fsp3) is 0.429. The minimum atomic E-state index is -1.21. The smallest absolute Gasteiger partial charge is 0.136 e. The third kappa shape index (κ3) is 3.25. The van der Waals surface area contributed by atoms with E-state index in [2.05, 4.69) is 24.3 Å². The molecule has 3 atom stereocenters. The number of benzene rings is 2. The summed E-state index contributed by atoms with van der Waals surface area (Å²) in [5, 5.41) is 21.9. The molecular weight excluding hydrogens is 298 g/mol. The highest BCUT2D eigenvalue weighted by Gasteiger charge is 2.41. The van der Waals surface area contributed by atoms with Crippen LogP contribution in [0.2, 0.25) is 0 Å². The molecule has 1 aliphatic heterocycles. The normalized spacial score (nSPS) is 20.5. The molecule has 0 radical (unpaired) electrons. The first-order chi connectivity index (χ1) is 11.5. The van der Waals surface area contributed by atoms with Gasteiger partial charge in [-0.3, -0.25) is 4.90 Å². The van der Waals surface area contributed by atoms with Gasteiger partial charge in [-0.25, -0.2) is 0 Å². The zero-order chi connectivity index (χ0) is 17.2. The van der Waals surface area contributed by atoms with E-state index in [4.69, 9.17) is 0 Å². The van der Waals surface area contributed by atoms with Gasteiger partial charge in [0.05, 0.1) is 0 Å². The summed E-state index contributed by atoms with van der Waals surface area (Å²) in [4.78, 5) is 1.99. The second kappa shape index (κ2) is 7.06. The first-order valence-electron chi connectivity index (χ1n) is 8.80. The molecule has 3 nitrogen and oxygen atoms in total. The van der Waals surface area contributed by atoms with Crippen molar-refractivity contribution < 1.29 is 10.2 Å². The Kier molecular flexibility index (Phi) is 5.04. The van der Waals surface area contributed by atoms with E-state index in [0.29, 0.717) is 0 Å². The van der Waals surface area contributed by atoms with Gasteiger partial charge < -0.3 is 10.2 Å². The number of hydrogen-bond acceptors (Lipinski definition) is 3. The SMILES string of the molecule is CC(c1ccccc1-c1ccccc1)C(C)(O)C(O)N1CCCC1. The third-order valence-electron chi connectivity index (χ3n) is 5.40. The van der Waals surface area contributed by atoms with Crippen molar-refractivity contribution in [2.45, 2.75) is 44.4 Å². The summed E-state index contributed by atoms with van der Waals surface area (Å²) in [6.45, 7) is 5.46. The zero-order valence-electron chi connectivity index (χ0n) is 14.5. The molecule has 1 heterocycles. The third-order valence-corrected chi connectivity index (χ3v) is 5.40. The molecule has 24 heavy (non-hydrogen) atoms. The maximum atomic E-state index is 11.1. The first kappa shape index (κ1) is 17.2. The molecule has 128 valence electrons. The van der Waals surface area contributed by atoms with Gasteiger partial charge in [0.25, 0.3) is 0 Å². The molecular formula is C21H27NO2. The molecule has 1 aliphatic rings. The number of aliphatic hydroxyl groups excluding tert-OH is 1. The highest BCUT2D eigenvalue weighted by molar-refractivity contribution is 5.68. The summed E-state index contributed by atoms with van der Waals surface area (Å²) >= 11 is 0. The predicted molar refractivity (Wildman–Crippen MR) is 97.7 cm³/mol. The summed E-state index contributed by atoms with van der Waals surface area (Å²) in [7, 11) is 0. The average Bonchev–Trinajstić information content (AvgIpc) is 3.15. The van der Waals surface area contributed by atoms with Crippen LogP contribution in [0.15, 0.2) is 54.6 Å². The molecule has 1 saturated heterocycles. The molecule has 2 aromatic carbocycles. The minimum Gasteiger partial charge on any atom is -0.385 e. The van der Waals surface area contributed by atoms with Crippen molar-refractivity contribution in [3.8, 4) is 11.1 Å². The Morgan fingerprint density at radius 1 is 0.958 bits per heavy atom. The van der Waals surface area contributed by atoms with Crippen molar-refractivity contribution in [3.05, 3.63) is 60.2 Å². The van der Waals surface area contributed by atoms with Crippen LogP contribution in [-0.4, -0.2) is 40.0 Å². The molecule has 0 aliphatic carbocycles. The number of hydrogen-bond donors (Lipinski definition) is 2. The van der Waals surface area contributed by atoms with Crippen LogP contribution in [0.3, 0.4) is 0 Å². The first-order valence-corrected chi connectivity index (χ1v) is 8.80. The van der Waals surface area contributed by atoms with Gasteiger partial charge in [0.2, 0.25) is 0 Å². The maximum Gasteiger partial charge on any atom is 0.136 e. The van der Waals surface area contributed by atoms with Crippen LogP contribution < -0.4 is 0 Å². The number of nitrogens with zero attached hydrogens (tertiary/aromatic N) is 1. The van der Waals surface area contributed by atoms with Gasteiger partial charge in [0.1, 0.15) is 11.8 Å². The summed E-state index contributed by atoms with van der Waals surface area (Å²) in [6, 6.07) is 18.4. The van der Waals surface area contributed by atoms with Gasteiger partial charge in [0, 0.05) is 19.0 Å². The van der Waals surface area contributed by atoms with E-state index in [9.17, 15) is 10.2 Å². The Hall–Kier alpha value is -1.68. The molecule has 3 rings (SSSR count). The molecule has 2 aromatic rings. The van der Waals surface area contributed by atoms with Crippen molar-refractivity contribution in [1.82, 2.24) is 4.90 Å². The summed E-state index contributed by atoms with van der Waals surface area (Å²) in [5.74, 6) is -0.190. The van der Waals surface area contributed by atoms with E-state index >= 15 is 0 Å². The largest absolute Gasteiger partial charge is 0.385 e. The Labute approximate surface area is 144 Å². The maximum absolute atomic E-state index is 11.1. The molecule has 0 amide bonds. The molecule has 0 spiro atoms.